The summed E-state index contributed by atoms with van der Waals surface area (Å²) >= 11 is 0. The van der Waals surface area contributed by atoms with Crippen LogP contribution in [0, 0.1) is 5.92 Å². The first-order valence-electron chi connectivity index (χ1n) is 12.7. The number of hydrogen-bond donors (Lipinski definition) is 1. The number of likely N-dealkylation sites (tertiary alicyclic amines) is 1. The van der Waals surface area contributed by atoms with Crippen LogP contribution in [-0.2, 0) is 18.8 Å². The number of amides is 2. The van der Waals surface area contributed by atoms with Gasteiger partial charge in [-0.15, -0.1) is 0 Å². The van der Waals surface area contributed by atoms with Gasteiger partial charge in [-0.05, 0) is 74.1 Å². The highest BCUT2D eigenvalue weighted by Crippen LogP contribution is 2.36. The highest BCUT2D eigenvalue weighted by Gasteiger charge is 2.52. The molecule has 0 unspecified atom stereocenters. The second-order valence-corrected chi connectivity index (χ2v) is 11.9. The van der Waals surface area contributed by atoms with E-state index in [-0.39, 0.29) is 5.91 Å². The van der Waals surface area contributed by atoms with Crippen LogP contribution in [-0.4, -0.2) is 83.5 Å². The van der Waals surface area contributed by atoms with Gasteiger partial charge in [0.2, 0.25) is 11.9 Å². The van der Waals surface area contributed by atoms with Gasteiger partial charge in [-0.1, -0.05) is 0 Å². The number of carbonyl (C=O) groups is 2. The largest absolute Gasteiger partial charge is 0.498 e. The second-order valence-electron chi connectivity index (χ2n) is 11.9. The van der Waals surface area contributed by atoms with E-state index in [9.17, 15) is 9.59 Å². The number of nitrogens with one attached hydrogen (secondary N) is 1. The summed E-state index contributed by atoms with van der Waals surface area (Å²) in [5.41, 5.74) is -0.626. The monoisotopic (exact) mass is 503 g/mol. The van der Waals surface area contributed by atoms with E-state index in [1.165, 1.54) is 0 Å². The normalized spacial score (nSPS) is 20.7. The average Bonchev–Trinajstić information content (AvgIpc) is 2.99. The predicted octanol–water partition coefficient (Wildman–Crippen LogP) is 2.36. The van der Waals surface area contributed by atoms with Gasteiger partial charge in [0.15, 0.2) is 0 Å². The molecule has 2 aliphatic heterocycles. The quantitative estimate of drug-likeness (QED) is 0.590. The van der Waals surface area contributed by atoms with Gasteiger partial charge in [-0.3, -0.25) is 4.79 Å². The van der Waals surface area contributed by atoms with Crippen molar-refractivity contribution in [3.05, 3.63) is 12.4 Å². The molecule has 36 heavy (non-hydrogen) atoms. The molecule has 0 aliphatic carbocycles. The third kappa shape index (κ3) is 6.88. The Morgan fingerprint density at radius 3 is 2.19 bits per heavy atom. The molecule has 0 aromatic carbocycles. The summed E-state index contributed by atoms with van der Waals surface area (Å²) in [6.45, 7) is 17.2. The van der Waals surface area contributed by atoms with E-state index >= 15 is 0 Å². The molecular formula is C25H42BN5O5. The van der Waals surface area contributed by atoms with Crippen LogP contribution in [0.5, 0.6) is 0 Å². The molecule has 2 fully saturated rings. The van der Waals surface area contributed by atoms with E-state index in [2.05, 4.69) is 15.3 Å². The number of alkyl carbamates (subject to hydrolysis) is 1. The van der Waals surface area contributed by atoms with E-state index in [1.54, 1.807) is 40.1 Å². The Kier molecular flexibility index (Phi) is 8.25. The molecule has 0 radical (unpaired) electrons. The van der Waals surface area contributed by atoms with Crippen LogP contribution in [0.4, 0.5) is 10.7 Å². The first kappa shape index (κ1) is 28.2. The number of carbonyl (C=O) groups excluding carboxylic acids is 2. The molecule has 1 N–H and O–H groups in total. The van der Waals surface area contributed by atoms with Gasteiger partial charge in [0.25, 0.3) is 0 Å². The molecule has 10 nitrogen and oxygen atoms in total. The fourth-order valence-corrected chi connectivity index (χ4v) is 4.25. The Morgan fingerprint density at radius 1 is 1.17 bits per heavy atom. The Balaban J connectivity index is 1.46. The average molecular weight is 503 g/mol. The van der Waals surface area contributed by atoms with Crippen LogP contribution in [0.2, 0.25) is 0 Å². The lowest BCUT2D eigenvalue weighted by molar-refractivity contribution is -0.134. The molecule has 1 aromatic heterocycles. The van der Waals surface area contributed by atoms with E-state index in [0.717, 1.165) is 24.8 Å². The molecule has 200 valence electrons. The maximum Gasteiger partial charge on any atom is 0.498 e. The fraction of sp³-hybridized carbons (Fsp3) is 0.760. The summed E-state index contributed by atoms with van der Waals surface area (Å²) in [4.78, 5) is 37.7. The third-order valence-corrected chi connectivity index (χ3v) is 7.09. The first-order valence-corrected chi connectivity index (χ1v) is 12.7. The van der Waals surface area contributed by atoms with E-state index in [4.69, 9.17) is 14.0 Å². The standard InChI is InChI=1S/C25H42BN5O5/c1-17(29-22(33)34-23(2,3)4)20(32)31-12-10-18(11-13-31)16-30(9)21-27-14-19(15-28-21)26-35-24(5,6)25(7,8)36-26/h14-15,17-18H,10-13,16H2,1-9H3,(H,29,33)/t17-/m1/s1. The van der Waals surface area contributed by atoms with Crippen molar-refractivity contribution >= 4 is 30.5 Å². The van der Waals surface area contributed by atoms with E-state index < -0.39 is 36.1 Å². The van der Waals surface area contributed by atoms with Crippen LogP contribution in [0.3, 0.4) is 0 Å². The van der Waals surface area contributed by atoms with Crippen molar-refractivity contribution < 1.29 is 23.6 Å². The Bertz CT molecular complexity index is 910. The maximum absolute atomic E-state index is 12.8. The molecule has 1 atom stereocenters. The van der Waals surface area contributed by atoms with Crippen molar-refractivity contribution in [3.8, 4) is 0 Å². The van der Waals surface area contributed by atoms with Gasteiger partial charge in [0.1, 0.15) is 11.6 Å². The van der Waals surface area contributed by atoms with Crippen LogP contribution in [0.1, 0.15) is 68.2 Å². The molecule has 11 heteroatoms. The zero-order valence-corrected chi connectivity index (χ0v) is 23.3. The molecule has 2 saturated heterocycles. The van der Waals surface area contributed by atoms with Crippen molar-refractivity contribution in [3.63, 3.8) is 0 Å². The Hall–Kier alpha value is -2.40. The molecule has 0 bridgehead atoms. The molecule has 3 rings (SSSR count). The van der Waals surface area contributed by atoms with Crippen molar-refractivity contribution in [1.29, 1.82) is 0 Å². The number of rotatable bonds is 6. The number of ether oxygens (including phenoxy) is 1. The smallest absolute Gasteiger partial charge is 0.444 e. The fourth-order valence-electron chi connectivity index (χ4n) is 4.25. The highest BCUT2D eigenvalue weighted by atomic mass is 16.7. The minimum Gasteiger partial charge on any atom is -0.444 e. The first-order chi connectivity index (χ1) is 16.6. The lowest BCUT2D eigenvalue weighted by Gasteiger charge is -2.35. The van der Waals surface area contributed by atoms with Gasteiger partial charge < -0.3 is 29.2 Å². The molecule has 2 amide bonds. The molecule has 0 spiro atoms. The molecule has 3 heterocycles. The lowest BCUT2D eigenvalue weighted by atomic mass is 9.81. The zero-order chi connectivity index (χ0) is 26.9. The van der Waals surface area contributed by atoms with Gasteiger partial charge in [0.05, 0.1) is 11.2 Å². The van der Waals surface area contributed by atoms with Crippen LogP contribution in [0.25, 0.3) is 0 Å². The van der Waals surface area contributed by atoms with Gasteiger partial charge >= 0.3 is 13.2 Å². The lowest BCUT2D eigenvalue weighted by Crippen LogP contribution is -2.50. The summed E-state index contributed by atoms with van der Waals surface area (Å²) in [5, 5.41) is 2.64. The highest BCUT2D eigenvalue weighted by molar-refractivity contribution is 6.61. The molecule has 2 aliphatic rings. The van der Waals surface area contributed by atoms with Crippen molar-refractivity contribution in [2.24, 2.45) is 5.92 Å². The summed E-state index contributed by atoms with van der Waals surface area (Å²) in [6, 6.07) is -0.630. The molecular weight excluding hydrogens is 461 g/mol. The second kappa shape index (κ2) is 10.5. The number of anilines is 1. The summed E-state index contributed by atoms with van der Waals surface area (Å²) in [6.07, 6.45) is 4.70. The van der Waals surface area contributed by atoms with Gasteiger partial charge in [-0.25, -0.2) is 14.8 Å². The van der Waals surface area contributed by atoms with Crippen LogP contribution < -0.4 is 15.7 Å². The number of aromatic nitrogens is 2. The number of nitrogens with zero attached hydrogens (tertiary/aromatic N) is 4. The van der Waals surface area contributed by atoms with Crippen molar-refractivity contribution in [2.75, 3.05) is 31.6 Å². The van der Waals surface area contributed by atoms with Crippen molar-refractivity contribution in [2.45, 2.75) is 91.1 Å². The number of hydrogen-bond acceptors (Lipinski definition) is 8. The summed E-state index contributed by atoms with van der Waals surface area (Å²) < 4.78 is 17.4. The predicted molar refractivity (Wildman–Crippen MR) is 139 cm³/mol. The zero-order valence-electron chi connectivity index (χ0n) is 23.3. The topological polar surface area (TPSA) is 106 Å². The van der Waals surface area contributed by atoms with Crippen molar-refractivity contribution in [1.82, 2.24) is 20.2 Å². The minimum absolute atomic E-state index is 0.0886. The molecule has 0 saturated carbocycles. The SMILES string of the molecule is C[C@@H](NC(=O)OC(C)(C)C)C(=O)N1CCC(CN(C)c2ncc(B3OC(C)(C)C(C)(C)O3)cn2)CC1. The minimum atomic E-state index is -0.630. The van der Waals surface area contributed by atoms with Gasteiger partial charge in [0, 0.05) is 44.5 Å². The summed E-state index contributed by atoms with van der Waals surface area (Å²) in [5.74, 6) is 0.970. The van der Waals surface area contributed by atoms with Crippen LogP contribution in [0.15, 0.2) is 12.4 Å². The number of piperidine rings is 1. The van der Waals surface area contributed by atoms with E-state index in [0.29, 0.717) is 25.0 Å². The van der Waals surface area contributed by atoms with E-state index in [1.807, 2.05) is 44.5 Å². The third-order valence-electron chi connectivity index (χ3n) is 7.09. The maximum atomic E-state index is 12.8. The Morgan fingerprint density at radius 2 is 1.69 bits per heavy atom. The Labute approximate surface area is 215 Å². The van der Waals surface area contributed by atoms with Crippen LogP contribution >= 0.6 is 0 Å². The summed E-state index contributed by atoms with van der Waals surface area (Å²) in [7, 11) is 1.50. The molecule has 1 aromatic rings. The van der Waals surface area contributed by atoms with Gasteiger partial charge in [-0.2, -0.15) is 0 Å².